The van der Waals surface area contributed by atoms with Crippen molar-refractivity contribution in [1.82, 2.24) is 9.78 Å². The number of nitrogens with one attached hydrogen (secondary N) is 1. The molecule has 0 aliphatic carbocycles. The molecule has 3 rings (SSSR count). The summed E-state index contributed by atoms with van der Waals surface area (Å²) in [6.45, 7) is 0.131. The van der Waals surface area contributed by atoms with Gasteiger partial charge in [-0.3, -0.25) is 4.79 Å². The minimum Gasteiger partial charge on any atom is -0.471 e. The Morgan fingerprint density at radius 1 is 1.09 bits per heavy atom. The predicted molar refractivity (Wildman–Crippen MR) is 88.7 cm³/mol. The van der Waals surface area contributed by atoms with Crippen molar-refractivity contribution in [3.63, 3.8) is 0 Å². The first-order valence-electron chi connectivity index (χ1n) is 6.99. The molecule has 116 valence electrons. The number of hydrogen-bond donors (Lipinski definition) is 1. The van der Waals surface area contributed by atoms with Gasteiger partial charge in [0.15, 0.2) is 6.73 Å². The van der Waals surface area contributed by atoms with Gasteiger partial charge >= 0.3 is 0 Å². The molecular weight excluding hydrogens is 314 g/mol. The van der Waals surface area contributed by atoms with E-state index < -0.39 is 0 Å². The van der Waals surface area contributed by atoms with Crippen LogP contribution in [0.3, 0.4) is 0 Å². The number of halogens is 1. The number of anilines is 1. The Morgan fingerprint density at radius 3 is 2.57 bits per heavy atom. The number of hydrogen-bond acceptors (Lipinski definition) is 3. The third-order valence-electron chi connectivity index (χ3n) is 3.15. The van der Waals surface area contributed by atoms with Crippen LogP contribution in [0, 0.1) is 0 Å². The molecule has 0 saturated carbocycles. The normalized spacial score (nSPS) is 10.3. The zero-order valence-corrected chi connectivity index (χ0v) is 12.9. The van der Waals surface area contributed by atoms with Crippen molar-refractivity contribution >= 4 is 23.2 Å². The van der Waals surface area contributed by atoms with Crippen LogP contribution in [0.25, 0.3) is 0 Å². The molecule has 1 aromatic heterocycles. The molecule has 0 aliphatic rings. The van der Waals surface area contributed by atoms with E-state index in [0.717, 1.165) is 5.69 Å². The van der Waals surface area contributed by atoms with Crippen LogP contribution in [0.1, 0.15) is 10.5 Å². The smallest absolute Gasteiger partial charge is 0.274 e. The van der Waals surface area contributed by atoms with Crippen LogP contribution >= 0.6 is 11.6 Å². The zero-order chi connectivity index (χ0) is 16.1. The summed E-state index contributed by atoms with van der Waals surface area (Å²) in [5.74, 6) is 0.410. The molecule has 0 atom stereocenters. The third-order valence-corrected chi connectivity index (χ3v) is 3.40. The average Bonchev–Trinajstić information content (AvgIpc) is 3.04. The first kappa shape index (κ1) is 15.1. The van der Waals surface area contributed by atoms with Gasteiger partial charge in [0.05, 0.1) is 0 Å². The minimum atomic E-state index is -0.242. The van der Waals surface area contributed by atoms with Crippen molar-refractivity contribution in [1.29, 1.82) is 0 Å². The molecule has 5 nitrogen and oxygen atoms in total. The summed E-state index contributed by atoms with van der Waals surface area (Å²) in [5.41, 5.74) is 1.15. The standard InChI is InChI=1S/C17H14ClN3O2/c18-13-6-8-15(9-7-13)23-12-21-16(10-11-19-21)17(22)20-14-4-2-1-3-5-14/h1-11H,12H2,(H,20,22). The molecule has 3 aromatic rings. The summed E-state index contributed by atoms with van der Waals surface area (Å²) < 4.78 is 7.10. The average molecular weight is 328 g/mol. The highest BCUT2D eigenvalue weighted by Crippen LogP contribution is 2.16. The first-order chi connectivity index (χ1) is 11.2. The van der Waals surface area contributed by atoms with Crippen LogP contribution in [0.4, 0.5) is 5.69 Å². The molecule has 23 heavy (non-hydrogen) atoms. The predicted octanol–water partition coefficient (Wildman–Crippen LogP) is 3.83. The highest BCUT2D eigenvalue weighted by Gasteiger charge is 2.12. The van der Waals surface area contributed by atoms with E-state index >= 15 is 0 Å². The molecule has 1 heterocycles. The van der Waals surface area contributed by atoms with Crippen molar-refractivity contribution in [2.24, 2.45) is 0 Å². The van der Waals surface area contributed by atoms with Crippen LogP contribution in [0.2, 0.25) is 5.02 Å². The topological polar surface area (TPSA) is 56.2 Å². The number of para-hydroxylation sites is 1. The third kappa shape index (κ3) is 3.90. The quantitative estimate of drug-likeness (QED) is 0.775. The fourth-order valence-electron chi connectivity index (χ4n) is 2.01. The maximum Gasteiger partial charge on any atom is 0.274 e. The fourth-order valence-corrected chi connectivity index (χ4v) is 2.14. The van der Waals surface area contributed by atoms with Crippen LogP contribution in [0.5, 0.6) is 5.75 Å². The Kier molecular flexibility index (Phi) is 4.59. The van der Waals surface area contributed by atoms with Gasteiger partial charge in [0.25, 0.3) is 5.91 Å². The summed E-state index contributed by atoms with van der Waals surface area (Å²) in [4.78, 5) is 12.3. The summed E-state index contributed by atoms with van der Waals surface area (Å²) >= 11 is 5.83. The van der Waals surface area contributed by atoms with Crippen molar-refractivity contribution < 1.29 is 9.53 Å². The van der Waals surface area contributed by atoms with Gasteiger partial charge in [0.2, 0.25) is 0 Å². The Labute approximate surface area is 138 Å². The van der Waals surface area contributed by atoms with Gasteiger partial charge in [-0.2, -0.15) is 5.10 Å². The second-order valence-electron chi connectivity index (χ2n) is 4.76. The summed E-state index contributed by atoms with van der Waals surface area (Å²) in [6, 6.07) is 17.9. The fraction of sp³-hybridized carbons (Fsp3) is 0.0588. The number of benzene rings is 2. The molecule has 0 radical (unpaired) electrons. The molecular formula is C17H14ClN3O2. The Bertz CT molecular complexity index is 785. The molecule has 0 fully saturated rings. The summed E-state index contributed by atoms with van der Waals surface area (Å²) in [6.07, 6.45) is 1.56. The number of ether oxygens (including phenoxy) is 1. The molecule has 0 saturated heterocycles. The molecule has 0 unspecified atom stereocenters. The largest absolute Gasteiger partial charge is 0.471 e. The first-order valence-corrected chi connectivity index (χ1v) is 7.37. The van der Waals surface area contributed by atoms with Crippen molar-refractivity contribution in [2.45, 2.75) is 6.73 Å². The van der Waals surface area contributed by atoms with E-state index in [-0.39, 0.29) is 12.6 Å². The van der Waals surface area contributed by atoms with Gasteiger partial charge < -0.3 is 10.1 Å². The molecule has 6 heteroatoms. The van der Waals surface area contributed by atoms with Crippen LogP contribution in [-0.2, 0) is 6.73 Å². The molecule has 0 spiro atoms. The van der Waals surface area contributed by atoms with Crippen molar-refractivity contribution in [3.05, 3.63) is 77.6 Å². The van der Waals surface area contributed by atoms with Crippen molar-refractivity contribution in [3.8, 4) is 5.75 Å². The number of rotatable bonds is 5. The lowest BCUT2D eigenvalue weighted by Crippen LogP contribution is -2.19. The highest BCUT2D eigenvalue weighted by molar-refractivity contribution is 6.30. The summed E-state index contributed by atoms with van der Waals surface area (Å²) in [7, 11) is 0. The minimum absolute atomic E-state index is 0.131. The van der Waals surface area contributed by atoms with E-state index in [4.69, 9.17) is 16.3 Å². The monoisotopic (exact) mass is 327 g/mol. The lowest BCUT2D eigenvalue weighted by molar-refractivity contribution is 0.100. The number of nitrogens with zero attached hydrogens (tertiary/aromatic N) is 2. The van der Waals surface area contributed by atoms with Crippen LogP contribution < -0.4 is 10.1 Å². The molecule has 0 aliphatic heterocycles. The Hall–Kier alpha value is -2.79. The van der Waals surface area contributed by atoms with Gasteiger partial charge in [-0.15, -0.1) is 0 Å². The number of aromatic nitrogens is 2. The SMILES string of the molecule is O=C(Nc1ccccc1)c1ccnn1COc1ccc(Cl)cc1. The number of carbonyl (C=O) groups excluding carboxylic acids is 1. The Balaban J connectivity index is 1.67. The van der Waals surface area contributed by atoms with Gasteiger partial charge in [-0.25, -0.2) is 4.68 Å². The zero-order valence-electron chi connectivity index (χ0n) is 12.1. The van der Waals surface area contributed by atoms with Crippen LogP contribution in [0.15, 0.2) is 66.9 Å². The van der Waals surface area contributed by atoms with E-state index in [1.54, 1.807) is 36.5 Å². The molecule has 2 aromatic carbocycles. The number of carbonyl (C=O) groups is 1. The van der Waals surface area contributed by atoms with Gasteiger partial charge in [0.1, 0.15) is 11.4 Å². The van der Waals surface area contributed by atoms with E-state index in [1.807, 2.05) is 30.3 Å². The molecule has 0 bridgehead atoms. The van der Waals surface area contributed by atoms with E-state index in [1.165, 1.54) is 4.68 Å². The van der Waals surface area contributed by atoms with Crippen molar-refractivity contribution in [2.75, 3.05) is 5.32 Å². The van der Waals surface area contributed by atoms with E-state index in [2.05, 4.69) is 10.4 Å². The second kappa shape index (κ2) is 6.98. The summed E-state index contributed by atoms with van der Waals surface area (Å²) in [5, 5.41) is 7.57. The van der Waals surface area contributed by atoms with E-state index in [0.29, 0.717) is 16.5 Å². The Morgan fingerprint density at radius 2 is 1.83 bits per heavy atom. The number of amides is 1. The molecule has 1 amide bonds. The lowest BCUT2D eigenvalue weighted by Gasteiger charge is -2.10. The van der Waals surface area contributed by atoms with Gasteiger partial charge in [-0.1, -0.05) is 29.8 Å². The maximum absolute atomic E-state index is 12.3. The van der Waals surface area contributed by atoms with Crippen LogP contribution in [-0.4, -0.2) is 15.7 Å². The highest BCUT2D eigenvalue weighted by atomic mass is 35.5. The van der Waals surface area contributed by atoms with Gasteiger partial charge in [0, 0.05) is 16.9 Å². The lowest BCUT2D eigenvalue weighted by atomic mass is 10.3. The van der Waals surface area contributed by atoms with E-state index in [9.17, 15) is 4.79 Å². The molecule has 1 N–H and O–H groups in total. The van der Waals surface area contributed by atoms with Gasteiger partial charge in [-0.05, 0) is 42.5 Å². The maximum atomic E-state index is 12.3. The second-order valence-corrected chi connectivity index (χ2v) is 5.20.